The summed E-state index contributed by atoms with van der Waals surface area (Å²) in [5.74, 6) is 0.155. The molecule has 0 aliphatic carbocycles. The van der Waals surface area contributed by atoms with Crippen molar-refractivity contribution in [3.63, 3.8) is 0 Å². The first-order valence-electron chi connectivity index (χ1n) is 7.77. The van der Waals surface area contributed by atoms with Crippen molar-refractivity contribution >= 4 is 5.91 Å². The van der Waals surface area contributed by atoms with E-state index < -0.39 is 11.9 Å². The summed E-state index contributed by atoms with van der Waals surface area (Å²) in [4.78, 5) is 15.8. The molecule has 24 heavy (non-hydrogen) atoms. The Morgan fingerprint density at radius 3 is 2.79 bits per heavy atom. The predicted molar refractivity (Wildman–Crippen MR) is 82.2 cm³/mol. The highest BCUT2D eigenvalue weighted by Crippen LogP contribution is 2.31. The number of carbonyl (C=O) groups is 1. The van der Waals surface area contributed by atoms with Crippen molar-refractivity contribution in [2.75, 3.05) is 6.54 Å². The largest absolute Gasteiger partial charge is 0.368 e. The Morgan fingerprint density at radius 2 is 2.17 bits per heavy atom. The molecule has 0 unspecified atom stereocenters. The molecule has 0 saturated carbocycles. The van der Waals surface area contributed by atoms with Crippen molar-refractivity contribution in [2.45, 2.75) is 38.0 Å². The summed E-state index contributed by atoms with van der Waals surface area (Å²) < 4.78 is 24.0. The summed E-state index contributed by atoms with van der Waals surface area (Å²) in [6.07, 6.45) is 1.25. The number of ether oxygens (including phenoxy) is 1. The summed E-state index contributed by atoms with van der Waals surface area (Å²) in [6.45, 7) is 2.19. The molecule has 0 spiro atoms. The van der Waals surface area contributed by atoms with E-state index in [0.717, 1.165) is 12.8 Å². The van der Waals surface area contributed by atoms with Crippen LogP contribution in [-0.2, 0) is 9.53 Å². The number of nitrogens with zero attached hydrogens (tertiary/aromatic N) is 2. The predicted octanol–water partition coefficient (Wildman–Crippen LogP) is 1.55. The van der Waals surface area contributed by atoms with E-state index in [9.17, 15) is 9.18 Å². The van der Waals surface area contributed by atoms with Gasteiger partial charge in [-0.3, -0.25) is 10.1 Å². The third-order valence-corrected chi connectivity index (χ3v) is 3.96. The maximum atomic E-state index is 13.0. The van der Waals surface area contributed by atoms with Crippen LogP contribution < -0.4 is 11.1 Å². The molecule has 3 N–H and O–H groups in total. The lowest BCUT2D eigenvalue weighted by atomic mass is 10.1. The Morgan fingerprint density at radius 1 is 1.42 bits per heavy atom. The number of amides is 1. The van der Waals surface area contributed by atoms with Crippen LogP contribution in [0.4, 0.5) is 4.39 Å². The second-order valence-corrected chi connectivity index (χ2v) is 5.80. The van der Waals surface area contributed by atoms with E-state index in [-0.39, 0.29) is 18.0 Å². The van der Waals surface area contributed by atoms with E-state index in [2.05, 4.69) is 15.5 Å². The van der Waals surface area contributed by atoms with Crippen LogP contribution in [0.25, 0.3) is 0 Å². The van der Waals surface area contributed by atoms with Crippen molar-refractivity contribution in [3.05, 3.63) is 47.4 Å². The minimum atomic E-state index is -0.695. The van der Waals surface area contributed by atoms with Gasteiger partial charge in [0.1, 0.15) is 18.0 Å². The fraction of sp³-hybridized carbons (Fsp3) is 0.438. The van der Waals surface area contributed by atoms with Gasteiger partial charge in [-0.15, -0.1) is 0 Å². The molecule has 1 aromatic carbocycles. The normalized spacial score (nSPS) is 21.8. The van der Waals surface area contributed by atoms with E-state index in [0.29, 0.717) is 23.8 Å². The fourth-order valence-corrected chi connectivity index (χ4v) is 2.77. The number of nitrogens with one attached hydrogen (secondary N) is 1. The van der Waals surface area contributed by atoms with Crippen molar-refractivity contribution in [1.29, 1.82) is 0 Å². The molecule has 1 saturated heterocycles. The summed E-state index contributed by atoms with van der Waals surface area (Å²) in [7, 11) is 0. The Labute approximate surface area is 138 Å². The maximum Gasteiger partial charge on any atom is 0.255 e. The Bertz CT molecular complexity index is 704. The zero-order valence-electron chi connectivity index (χ0n) is 13.2. The fourth-order valence-electron chi connectivity index (χ4n) is 2.77. The van der Waals surface area contributed by atoms with Crippen LogP contribution in [0.15, 0.2) is 28.8 Å². The first kappa shape index (κ1) is 16.5. The number of halogens is 1. The molecule has 8 heteroatoms. The molecule has 3 atom stereocenters. The number of aryl methyl sites for hydroxylation is 1. The number of nitrogens with two attached hydrogens (primary N) is 1. The van der Waals surface area contributed by atoms with E-state index in [4.69, 9.17) is 15.0 Å². The van der Waals surface area contributed by atoms with Crippen LogP contribution in [0.3, 0.4) is 0 Å². The highest BCUT2D eigenvalue weighted by atomic mass is 19.1. The van der Waals surface area contributed by atoms with Crippen molar-refractivity contribution < 1.29 is 18.4 Å². The van der Waals surface area contributed by atoms with Crippen molar-refractivity contribution in [3.8, 4) is 0 Å². The van der Waals surface area contributed by atoms with Gasteiger partial charge in [-0.1, -0.05) is 17.3 Å². The van der Waals surface area contributed by atoms with Crippen molar-refractivity contribution in [2.24, 2.45) is 5.73 Å². The molecule has 1 aliphatic rings. The molecule has 0 radical (unpaired) electrons. The molecule has 7 nitrogen and oxygen atoms in total. The average Bonchev–Trinajstić information content (AvgIpc) is 3.18. The van der Waals surface area contributed by atoms with Gasteiger partial charge in [-0.25, -0.2) is 4.39 Å². The van der Waals surface area contributed by atoms with Gasteiger partial charge in [0, 0.05) is 6.54 Å². The molecule has 1 fully saturated rings. The summed E-state index contributed by atoms with van der Waals surface area (Å²) in [5.41, 5.74) is 6.06. The zero-order valence-corrected chi connectivity index (χ0v) is 13.2. The molecule has 128 valence electrons. The standard InChI is InChI=1S/C16H19FN4O3/c1-9-20-16(24-21-9)13-7-6-12(23-13)8-19-14(15(18)22)10-2-4-11(17)5-3-10/h2-5,12-14,19H,6-8H2,1H3,(H2,18,22)/t12-,13+,14-/m1/s1. The van der Waals surface area contributed by atoms with Gasteiger partial charge >= 0.3 is 0 Å². The van der Waals surface area contributed by atoms with Gasteiger partial charge in [0.2, 0.25) is 5.91 Å². The third-order valence-electron chi connectivity index (χ3n) is 3.96. The van der Waals surface area contributed by atoms with E-state index >= 15 is 0 Å². The van der Waals surface area contributed by atoms with E-state index in [1.807, 2.05) is 0 Å². The first-order chi connectivity index (χ1) is 11.5. The molecule has 1 aliphatic heterocycles. The molecular weight excluding hydrogens is 315 g/mol. The third kappa shape index (κ3) is 3.77. The van der Waals surface area contributed by atoms with Gasteiger partial charge in [-0.05, 0) is 37.5 Å². The minimum absolute atomic E-state index is 0.0931. The van der Waals surface area contributed by atoms with Crippen LogP contribution in [0.2, 0.25) is 0 Å². The molecule has 1 amide bonds. The van der Waals surface area contributed by atoms with E-state index in [1.165, 1.54) is 24.3 Å². The molecule has 2 heterocycles. The number of aromatic nitrogens is 2. The lowest BCUT2D eigenvalue weighted by Crippen LogP contribution is -2.37. The van der Waals surface area contributed by atoms with Crippen LogP contribution in [0.1, 0.15) is 42.3 Å². The maximum absolute atomic E-state index is 13.0. The lowest BCUT2D eigenvalue weighted by molar-refractivity contribution is -0.120. The molecule has 3 rings (SSSR count). The molecule has 0 bridgehead atoms. The second kappa shape index (κ2) is 7.06. The molecule has 2 aromatic rings. The van der Waals surface area contributed by atoms with Gasteiger partial charge < -0.3 is 15.0 Å². The Hall–Kier alpha value is -2.32. The number of primary amides is 1. The van der Waals surface area contributed by atoms with Gasteiger partial charge in [0.05, 0.1) is 6.10 Å². The van der Waals surface area contributed by atoms with Crippen LogP contribution in [-0.4, -0.2) is 28.7 Å². The number of benzene rings is 1. The average molecular weight is 334 g/mol. The number of hydrogen-bond donors (Lipinski definition) is 2. The summed E-state index contributed by atoms with van der Waals surface area (Å²) in [5, 5.41) is 6.84. The Kier molecular flexibility index (Phi) is 4.86. The van der Waals surface area contributed by atoms with Crippen LogP contribution in [0.5, 0.6) is 0 Å². The van der Waals surface area contributed by atoms with Crippen molar-refractivity contribution in [1.82, 2.24) is 15.5 Å². The molecular formula is C16H19FN4O3. The van der Waals surface area contributed by atoms with E-state index in [1.54, 1.807) is 6.92 Å². The van der Waals surface area contributed by atoms with Gasteiger partial charge in [0.15, 0.2) is 5.82 Å². The number of carbonyl (C=O) groups excluding carboxylic acids is 1. The van der Waals surface area contributed by atoms with Gasteiger partial charge in [0.25, 0.3) is 5.89 Å². The molecule has 1 aromatic heterocycles. The van der Waals surface area contributed by atoms with Gasteiger partial charge in [-0.2, -0.15) is 4.98 Å². The lowest BCUT2D eigenvalue weighted by Gasteiger charge is -2.19. The number of hydrogen-bond acceptors (Lipinski definition) is 6. The zero-order chi connectivity index (χ0) is 17.1. The highest BCUT2D eigenvalue weighted by molar-refractivity contribution is 5.81. The van der Waals surface area contributed by atoms with Crippen LogP contribution >= 0.6 is 0 Å². The van der Waals surface area contributed by atoms with Crippen LogP contribution in [0, 0.1) is 12.7 Å². The minimum Gasteiger partial charge on any atom is -0.368 e. The monoisotopic (exact) mass is 334 g/mol. The highest BCUT2D eigenvalue weighted by Gasteiger charge is 2.31. The summed E-state index contributed by atoms with van der Waals surface area (Å²) in [6, 6.07) is 4.98. The Balaban J connectivity index is 1.57. The quantitative estimate of drug-likeness (QED) is 0.831. The second-order valence-electron chi connectivity index (χ2n) is 5.80. The number of rotatable bonds is 6. The summed E-state index contributed by atoms with van der Waals surface area (Å²) >= 11 is 0. The first-order valence-corrected chi connectivity index (χ1v) is 7.77. The topological polar surface area (TPSA) is 103 Å². The SMILES string of the molecule is Cc1noc([C@@H]2CC[C@H](CN[C@@H](C(N)=O)c3ccc(F)cc3)O2)n1. The smallest absolute Gasteiger partial charge is 0.255 e.